The summed E-state index contributed by atoms with van der Waals surface area (Å²) in [4.78, 5) is 24.0. The molecule has 1 aromatic carbocycles. The van der Waals surface area contributed by atoms with Crippen molar-refractivity contribution in [2.24, 2.45) is 0 Å². The third kappa shape index (κ3) is 3.74. The topological polar surface area (TPSA) is 46.6 Å². The van der Waals surface area contributed by atoms with E-state index in [0.29, 0.717) is 23.1 Å². The summed E-state index contributed by atoms with van der Waals surface area (Å²) in [7, 11) is 1.61. The Kier molecular flexibility index (Phi) is 5.16. The molecule has 0 saturated heterocycles. The minimum Gasteiger partial charge on any atom is -0.492 e. The molecule has 18 heavy (non-hydrogen) atoms. The fraction of sp³-hybridized carbons (Fsp3) is 0.385. The van der Waals surface area contributed by atoms with Crippen LogP contribution < -0.4 is 9.64 Å². The SMILES string of the molecule is CCOc1ccc(N(C)C(=O)CC(C)=O)cc1Cl. The molecule has 0 aromatic heterocycles. The van der Waals surface area contributed by atoms with Crippen LogP contribution in [-0.2, 0) is 9.59 Å². The largest absolute Gasteiger partial charge is 0.492 e. The molecule has 0 unspecified atom stereocenters. The number of anilines is 1. The predicted octanol–water partition coefficient (Wildman–Crippen LogP) is 2.68. The molecule has 0 N–H and O–H groups in total. The normalized spacial score (nSPS) is 10.0. The van der Waals surface area contributed by atoms with Crippen LogP contribution in [0.1, 0.15) is 20.3 Å². The lowest BCUT2D eigenvalue weighted by Gasteiger charge is -2.17. The van der Waals surface area contributed by atoms with Gasteiger partial charge in [0.1, 0.15) is 11.5 Å². The van der Waals surface area contributed by atoms with Crippen LogP contribution in [0.4, 0.5) is 5.69 Å². The Labute approximate surface area is 111 Å². The zero-order valence-corrected chi connectivity index (χ0v) is 11.5. The van der Waals surface area contributed by atoms with E-state index in [2.05, 4.69) is 0 Å². The van der Waals surface area contributed by atoms with Crippen LogP contribution in [0.2, 0.25) is 5.02 Å². The first kappa shape index (κ1) is 14.5. The highest BCUT2D eigenvalue weighted by Gasteiger charge is 2.14. The molecule has 98 valence electrons. The van der Waals surface area contributed by atoms with Crippen molar-refractivity contribution < 1.29 is 14.3 Å². The molecule has 1 aromatic rings. The molecule has 0 saturated carbocycles. The zero-order valence-electron chi connectivity index (χ0n) is 10.7. The van der Waals surface area contributed by atoms with Gasteiger partial charge in [-0.15, -0.1) is 0 Å². The highest BCUT2D eigenvalue weighted by molar-refractivity contribution is 6.32. The molecular formula is C13H16ClNO3. The fourth-order valence-electron chi connectivity index (χ4n) is 1.45. The van der Waals surface area contributed by atoms with Crippen molar-refractivity contribution >= 4 is 29.0 Å². The highest BCUT2D eigenvalue weighted by atomic mass is 35.5. The van der Waals surface area contributed by atoms with Crippen molar-refractivity contribution in [3.8, 4) is 5.75 Å². The third-order valence-electron chi connectivity index (χ3n) is 2.38. The predicted molar refractivity (Wildman–Crippen MR) is 71.3 cm³/mol. The van der Waals surface area contributed by atoms with Crippen LogP contribution in [0.3, 0.4) is 0 Å². The van der Waals surface area contributed by atoms with Crippen LogP contribution in [0.15, 0.2) is 18.2 Å². The Bertz CT molecular complexity index is 460. The van der Waals surface area contributed by atoms with Gasteiger partial charge in [0.15, 0.2) is 0 Å². The summed E-state index contributed by atoms with van der Waals surface area (Å²) in [6.07, 6.45) is -0.110. The molecule has 0 aliphatic heterocycles. The number of carbonyl (C=O) groups is 2. The maximum absolute atomic E-state index is 11.7. The zero-order chi connectivity index (χ0) is 13.7. The van der Waals surface area contributed by atoms with Crippen molar-refractivity contribution in [2.45, 2.75) is 20.3 Å². The smallest absolute Gasteiger partial charge is 0.234 e. The van der Waals surface area contributed by atoms with Crippen LogP contribution in [0.25, 0.3) is 0 Å². The van der Waals surface area contributed by atoms with Crippen LogP contribution in [-0.4, -0.2) is 25.3 Å². The van der Waals surface area contributed by atoms with E-state index in [9.17, 15) is 9.59 Å². The van der Waals surface area contributed by atoms with Gasteiger partial charge in [-0.05, 0) is 32.0 Å². The molecule has 0 radical (unpaired) electrons. The summed E-state index contributed by atoms with van der Waals surface area (Å²) >= 11 is 6.03. The van der Waals surface area contributed by atoms with Gasteiger partial charge in [0.25, 0.3) is 0 Å². The molecule has 0 bridgehead atoms. The minimum absolute atomic E-state index is 0.110. The lowest BCUT2D eigenvalue weighted by Crippen LogP contribution is -2.27. The summed E-state index contributed by atoms with van der Waals surface area (Å²) in [5, 5.41) is 0.442. The first-order chi connectivity index (χ1) is 8.45. The second kappa shape index (κ2) is 6.40. The lowest BCUT2D eigenvalue weighted by molar-refractivity contribution is -0.125. The van der Waals surface area contributed by atoms with Crippen LogP contribution in [0, 0.1) is 0 Å². The standard InChI is InChI=1S/C13H16ClNO3/c1-4-18-12-6-5-10(8-11(12)14)15(3)13(17)7-9(2)16/h5-6,8H,4,7H2,1-3H3. The Morgan fingerprint density at radius 1 is 1.39 bits per heavy atom. The van der Waals surface area contributed by atoms with Crippen molar-refractivity contribution in [3.05, 3.63) is 23.2 Å². The molecule has 0 aliphatic rings. The number of ether oxygens (including phenoxy) is 1. The maximum atomic E-state index is 11.7. The number of halogens is 1. The number of benzene rings is 1. The van der Waals surface area contributed by atoms with Crippen LogP contribution in [0.5, 0.6) is 5.75 Å². The summed E-state index contributed by atoms with van der Waals surface area (Å²) in [5.41, 5.74) is 0.634. The second-order valence-corrected chi connectivity index (χ2v) is 4.29. The van der Waals surface area contributed by atoms with E-state index in [1.165, 1.54) is 11.8 Å². The van der Waals surface area contributed by atoms with Gasteiger partial charge in [-0.25, -0.2) is 0 Å². The number of Topliss-reactive ketones (excluding diaryl/α,β-unsaturated/α-hetero) is 1. The van der Waals surface area contributed by atoms with Gasteiger partial charge in [-0.2, -0.15) is 0 Å². The number of rotatable bonds is 5. The van der Waals surface area contributed by atoms with Crippen molar-refractivity contribution in [3.63, 3.8) is 0 Å². The quantitative estimate of drug-likeness (QED) is 0.772. The van der Waals surface area contributed by atoms with E-state index in [0.717, 1.165) is 0 Å². The Morgan fingerprint density at radius 3 is 2.56 bits per heavy atom. The molecular weight excluding hydrogens is 254 g/mol. The van der Waals surface area contributed by atoms with E-state index in [-0.39, 0.29) is 18.1 Å². The summed E-state index contributed by atoms with van der Waals surface area (Å²) in [6.45, 7) is 3.78. The number of ketones is 1. The number of amides is 1. The van der Waals surface area contributed by atoms with E-state index < -0.39 is 0 Å². The van der Waals surface area contributed by atoms with Gasteiger partial charge in [0.05, 0.1) is 18.1 Å². The molecule has 1 rings (SSSR count). The number of hydrogen-bond acceptors (Lipinski definition) is 3. The first-order valence-electron chi connectivity index (χ1n) is 5.64. The van der Waals surface area contributed by atoms with Gasteiger partial charge in [0, 0.05) is 12.7 Å². The van der Waals surface area contributed by atoms with Crippen molar-refractivity contribution in [1.29, 1.82) is 0 Å². The number of hydrogen-bond donors (Lipinski definition) is 0. The van der Waals surface area contributed by atoms with Gasteiger partial charge < -0.3 is 9.64 Å². The van der Waals surface area contributed by atoms with Gasteiger partial charge in [-0.1, -0.05) is 11.6 Å². The summed E-state index contributed by atoms with van der Waals surface area (Å²) in [5.74, 6) is 0.155. The molecule has 5 heteroatoms. The van der Waals surface area contributed by atoms with E-state index >= 15 is 0 Å². The first-order valence-corrected chi connectivity index (χ1v) is 6.01. The molecule has 0 atom stereocenters. The highest BCUT2D eigenvalue weighted by Crippen LogP contribution is 2.29. The average molecular weight is 270 g/mol. The molecule has 0 spiro atoms. The Hall–Kier alpha value is -1.55. The fourth-order valence-corrected chi connectivity index (χ4v) is 1.68. The van der Waals surface area contributed by atoms with Gasteiger partial charge in [0.2, 0.25) is 5.91 Å². The second-order valence-electron chi connectivity index (χ2n) is 3.88. The Morgan fingerprint density at radius 2 is 2.06 bits per heavy atom. The average Bonchev–Trinajstić information content (AvgIpc) is 2.30. The Balaban J connectivity index is 2.87. The number of carbonyl (C=O) groups excluding carboxylic acids is 2. The minimum atomic E-state index is -0.261. The number of nitrogens with zero attached hydrogens (tertiary/aromatic N) is 1. The molecule has 0 aliphatic carbocycles. The molecule has 4 nitrogen and oxygen atoms in total. The van der Waals surface area contributed by atoms with Crippen molar-refractivity contribution in [2.75, 3.05) is 18.6 Å². The molecule has 1 amide bonds. The lowest BCUT2D eigenvalue weighted by atomic mass is 10.2. The molecule has 0 heterocycles. The van der Waals surface area contributed by atoms with Crippen LogP contribution >= 0.6 is 11.6 Å². The monoisotopic (exact) mass is 269 g/mol. The van der Waals surface area contributed by atoms with E-state index in [4.69, 9.17) is 16.3 Å². The van der Waals surface area contributed by atoms with Gasteiger partial charge in [-0.3, -0.25) is 9.59 Å². The van der Waals surface area contributed by atoms with Crippen molar-refractivity contribution in [1.82, 2.24) is 0 Å². The summed E-state index contributed by atoms with van der Waals surface area (Å²) < 4.78 is 5.31. The maximum Gasteiger partial charge on any atom is 0.234 e. The summed E-state index contributed by atoms with van der Waals surface area (Å²) in [6, 6.07) is 5.08. The van der Waals surface area contributed by atoms with Gasteiger partial charge >= 0.3 is 0 Å². The third-order valence-corrected chi connectivity index (χ3v) is 2.67. The van der Waals surface area contributed by atoms with E-state index in [1.54, 1.807) is 25.2 Å². The molecule has 0 fully saturated rings. The van der Waals surface area contributed by atoms with E-state index in [1.807, 2.05) is 6.92 Å².